The lowest BCUT2D eigenvalue weighted by Gasteiger charge is -2.06. The number of aromatic nitrogens is 3. The predicted octanol–water partition coefficient (Wildman–Crippen LogP) is 4.76. The minimum absolute atomic E-state index is 0.137. The summed E-state index contributed by atoms with van der Waals surface area (Å²) in [5.41, 5.74) is 2.21. The van der Waals surface area contributed by atoms with Crippen LogP contribution < -0.4 is 0 Å². The van der Waals surface area contributed by atoms with E-state index in [-0.39, 0.29) is 15.4 Å². The zero-order chi connectivity index (χ0) is 22.3. The highest BCUT2D eigenvalue weighted by Crippen LogP contribution is 2.42. The maximum absolute atomic E-state index is 13.4. The van der Waals surface area contributed by atoms with Gasteiger partial charge >= 0.3 is 5.97 Å². The van der Waals surface area contributed by atoms with Crippen LogP contribution >= 0.6 is 11.3 Å². The highest BCUT2D eigenvalue weighted by molar-refractivity contribution is 7.90. The number of rotatable bonds is 5. The number of benzene rings is 1. The molecule has 4 heterocycles. The molecule has 0 bridgehead atoms. The number of thiophene rings is 1. The quantitative estimate of drug-likeness (QED) is 0.405. The molecular formula is C23H15N3O4S2. The molecule has 158 valence electrons. The summed E-state index contributed by atoms with van der Waals surface area (Å²) in [5.74, 6) is -1.05. The van der Waals surface area contributed by atoms with Crippen LogP contribution in [0.1, 0.15) is 9.67 Å². The SMILES string of the molecule is O=C(O)c1cc(-c2cn(S(=O)(=O)c3ccccc3)c3ncccc23)c(-c2cccnc2)s1. The van der Waals surface area contributed by atoms with Crippen molar-refractivity contribution in [1.29, 1.82) is 0 Å². The lowest BCUT2D eigenvalue weighted by Crippen LogP contribution is -2.12. The summed E-state index contributed by atoms with van der Waals surface area (Å²) in [6.45, 7) is 0. The fraction of sp³-hybridized carbons (Fsp3) is 0. The van der Waals surface area contributed by atoms with Gasteiger partial charge in [0.1, 0.15) is 4.88 Å². The number of carboxylic acid groups (broad SMARTS) is 1. The van der Waals surface area contributed by atoms with Gasteiger partial charge in [0.25, 0.3) is 10.0 Å². The average molecular weight is 462 g/mol. The van der Waals surface area contributed by atoms with E-state index in [1.807, 2.05) is 6.07 Å². The van der Waals surface area contributed by atoms with Crippen molar-refractivity contribution >= 4 is 38.4 Å². The van der Waals surface area contributed by atoms with Gasteiger partial charge in [0.15, 0.2) is 5.65 Å². The first-order chi connectivity index (χ1) is 15.5. The predicted molar refractivity (Wildman–Crippen MR) is 122 cm³/mol. The summed E-state index contributed by atoms with van der Waals surface area (Å²) in [4.78, 5) is 21.2. The van der Waals surface area contributed by atoms with Crippen LogP contribution in [0.5, 0.6) is 0 Å². The topological polar surface area (TPSA) is 102 Å². The van der Waals surface area contributed by atoms with E-state index in [0.717, 1.165) is 20.9 Å². The number of carbonyl (C=O) groups is 1. The Morgan fingerprint density at radius 2 is 1.75 bits per heavy atom. The molecule has 5 aromatic rings. The first-order valence-electron chi connectivity index (χ1n) is 9.51. The molecular weight excluding hydrogens is 446 g/mol. The van der Waals surface area contributed by atoms with Crippen LogP contribution in [0.3, 0.4) is 0 Å². The van der Waals surface area contributed by atoms with Crippen molar-refractivity contribution in [3.05, 3.63) is 90.3 Å². The molecule has 0 aliphatic rings. The van der Waals surface area contributed by atoms with E-state index in [1.54, 1.807) is 54.9 Å². The Labute approximate surface area is 187 Å². The zero-order valence-electron chi connectivity index (χ0n) is 16.4. The molecule has 0 aliphatic heterocycles. The Kier molecular flexibility index (Phi) is 4.84. The molecule has 0 aliphatic carbocycles. The van der Waals surface area contributed by atoms with Crippen LogP contribution in [-0.4, -0.2) is 33.4 Å². The first-order valence-corrected chi connectivity index (χ1v) is 11.8. The molecule has 5 rings (SSSR count). The molecule has 0 radical (unpaired) electrons. The standard InChI is InChI=1S/C23H15N3O4S2/c27-23(28)20-12-18(21(31-20)15-6-4-10-24-13-15)19-14-26(22-17(19)9-5-11-25-22)32(29,30)16-7-2-1-3-8-16/h1-14H,(H,27,28). The van der Waals surface area contributed by atoms with E-state index in [2.05, 4.69) is 9.97 Å². The minimum atomic E-state index is -3.91. The highest BCUT2D eigenvalue weighted by atomic mass is 32.2. The van der Waals surface area contributed by atoms with E-state index in [0.29, 0.717) is 21.4 Å². The molecule has 9 heteroatoms. The van der Waals surface area contributed by atoms with E-state index < -0.39 is 16.0 Å². The molecule has 1 N–H and O–H groups in total. The molecule has 32 heavy (non-hydrogen) atoms. The van der Waals surface area contributed by atoms with E-state index in [9.17, 15) is 18.3 Å². The van der Waals surface area contributed by atoms with Crippen LogP contribution in [0, 0.1) is 0 Å². The summed E-state index contributed by atoms with van der Waals surface area (Å²) >= 11 is 1.12. The summed E-state index contributed by atoms with van der Waals surface area (Å²) in [6.07, 6.45) is 6.32. The summed E-state index contributed by atoms with van der Waals surface area (Å²) in [5, 5.41) is 10.2. The molecule has 7 nitrogen and oxygen atoms in total. The molecule has 0 atom stereocenters. The number of hydrogen-bond acceptors (Lipinski definition) is 6. The second kappa shape index (κ2) is 7.70. The molecule has 0 unspecified atom stereocenters. The Morgan fingerprint density at radius 1 is 0.969 bits per heavy atom. The van der Waals surface area contributed by atoms with Crippen LogP contribution in [0.25, 0.3) is 32.6 Å². The Morgan fingerprint density at radius 3 is 2.47 bits per heavy atom. The number of pyridine rings is 2. The Hall–Kier alpha value is -3.82. The van der Waals surface area contributed by atoms with Crippen molar-refractivity contribution in [3.63, 3.8) is 0 Å². The van der Waals surface area contributed by atoms with Crippen molar-refractivity contribution in [2.75, 3.05) is 0 Å². The molecule has 1 aromatic carbocycles. The first kappa shape index (κ1) is 20.1. The lowest BCUT2D eigenvalue weighted by atomic mass is 10.0. The van der Waals surface area contributed by atoms with Gasteiger partial charge in [0, 0.05) is 51.7 Å². The third kappa shape index (κ3) is 3.28. The van der Waals surface area contributed by atoms with Gasteiger partial charge in [-0.05, 0) is 36.4 Å². The highest BCUT2D eigenvalue weighted by Gasteiger charge is 2.25. The van der Waals surface area contributed by atoms with Crippen molar-refractivity contribution in [3.8, 4) is 21.6 Å². The summed E-state index contributed by atoms with van der Waals surface area (Å²) in [6, 6.07) is 16.8. The zero-order valence-corrected chi connectivity index (χ0v) is 18.0. The van der Waals surface area contributed by atoms with Gasteiger partial charge in [-0.3, -0.25) is 4.98 Å². The third-order valence-electron chi connectivity index (χ3n) is 4.99. The van der Waals surface area contributed by atoms with Gasteiger partial charge in [0.2, 0.25) is 0 Å². The van der Waals surface area contributed by atoms with Crippen LogP contribution in [-0.2, 0) is 10.0 Å². The van der Waals surface area contributed by atoms with E-state index in [1.165, 1.54) is 24.5 Å². The Balaban J connectivity index is 1.80. The average Bonchev–Trinajstić information content (AvgIpc) is 3.43. The van der Waals surface area contributed by atoms with Crippen molar-refractivity contribution in [2.24, 2.45) is 0 Å². The number of carboxylic acids is 1. The van der Waals surface area contributed by atoms with E-state index >= 15 is 0 Å². The van der Waals surface area contributed by atoms with Gasteiger partial charge in [-0.1, -0.05) is 24.3 Å². The molecule has 4 aromatic heterocycles. The smallest absolute Gasteiger partial charge is 0.345 e. The monoisotopic (exact) mass is 461 g/mol. The van der Waals surface area contributed by atoms with Crippen LogP contribution in [0.2, 0.25) is 0 Å². The normalized spacial score (nSPS) is 11.6. The molecule has 0 amide bonds. The fourth-order valence-corrected chi connectivity index (χ4v) is 5.89. The van der Waals surface area contributed by atoms with Crippen molar-refractivity contribution < 1.29 is 18.3 Å². The van der Waals surface area contributed by atoms with Crippen LogP contribution in [0.4, 0.5) is 0 Å². The van der Waals surface area contributed by atoms with Crippen molar-refractivity contribution in [2.45, 2.75) is 4.90 Å². The van der Waals surface area contributed by atoms with Gasteiger partial charge in [-0.2, -0.15) is 0 Å². The van der Waals surface area contributed by atoms with Gasteiger partial charge in [-0.15, -0.1) is 11.3 Å². The summed E-state index contributed by atoms with van der Waals surface area (Å²) < 4.78 is 27.9. The van der Waals surface area contributed by atoms with Gasteiger partial charge in [0.05, 0.1) is 4.90 Å². The second-order valence-corrected chi connectivity index (χ2v) is 9.80. The molecule has 0 saturated heterocycles. The minimum Gasteiger partial charge on any atom is -0.477 e. The van der Waals surface area contributed by atoms with Gasteiger partial charge < -0.3 is 5.11 Å². The number of fused-ring (bicyclic) bond motifs is 1. The summed E-state index contributed by atoms with van der Waals surface area (Å²) in [7, 11) is -3.91. The maximum atomic E-state index is 13.4. The molecule has 0 fully saturated rings. The largest absolute Gasteiger partial charge is 0.477 e. The second-order valence-electron chi connectivity index (χ2n) is 6.93. The fourth-order valence-electron chi connectivity index (χ4n) is 3.54. The van der Waals surface area contributed by atoms with E-state index in [4.69, 9.17) is 0 Å². The number of aromatic carboxylic acids is 1. The molecule has 0 spiro atoms. The third-order valence-corrected chi connectivity index (χ3v) is 7.82. The van der Waals surface area contributed by atoms with Crippen LogP contribution in [0.15, 0.2) is 90.3 Å². The maximum Gasteiger partial charge on any atom is 0.345 e. The number of nitrogens with zero attached hydrogens (tertiary/aromatic N) is 3. The lowest BCUT2D eigenvalue weighted by molar-refractivity contribution is 0.0702. The Bertz CT molecular complexity index is 1560. The van der Waals surface area contributed by atoms with Gasteiger partial charge in [-0.25, -0.2) is 22.2 Å². The molecule has 0 saturated carbocycles. The van der Waals surface area contributed by atoms with Crippen molar-refractivity contribution in [1.82, 2.24) is 13.9 Å². The number of hydrogen-bond donors (Lipinski definition) is 1.